The molecule has 0 spiro atoms. The molecule has 2 rings (SSSR count). The van der Waals surface area contributed by atoms with E-state index in [0.29, 0.717) is 10.9 Å². The van der Waals surface area contributed by atoms with Gasteiger partial charge in [-0.15, -0.1) is 0 Å². The molecule has 0 bridgehead atoms. The highest BCUT2D eigenvalue weighted by Gasteiger charge is 2.11. The first-order valence-electron chi connectivity index (χ1n) is 4.56. The Balaban J connectivity index is 2.72. The van der Waals surface area contributed by atoms with Crippen LogP contribution >= 0.6 is 11.6 Å². The Morgan fingerprint density at radius 1 is 1.12 bits per heavy atom. The molecule has 1 aromatic carbocycles. The third-order valence-corrected chi connectivity index (χ3v) is 2.54. The predicted molar refractivity (Wildman–Crippen MR) is 60.7 cm³/mol. The summed E-state index contributed by atoms with van der Waals surface area (Å²) in [4.78, 5) is 25.4. The number of rotatable bonds is 2. The van der Waals surface area contributed by atoms with E-state index < -0.39 is 11.9 Å². The lowest BCUT2D eigenvalue weighted by atomic mass is 10.1. The van der Waals surface area contributed by atoms with Gasteiger partial charge in [0.15, 0.2) is 0 Å². The lowest BCUT2D eigenvalue weighted by molar-refractivity contribution is 0.0682. The quantitative estimate of drug-likeness (QED) is 0.855. The number of fused-ring (bicyclic) bond motifs is 1. The third-order valence-electron chi connectivity index (χ3n) is 2.22. The van der Waals surface area contributed by atoms with Crippen LogP contribution in [0.2, 0.25) is 5.02 Å². The fourth-order valence-electron chi connectivity index (χ4n) is 1.43. The van der Waals surface area contributed by atoms with Gasteiger partial charge >= 0.3 is 11.9 Å². The molecule has 2 N–H and O–H groups in total. The number of hydrogen-bond donors (Lipinski definition) is 2. The van der Waals surface area contributed by atoms with Crippen molar-refractivity contribution in [3.05, 3.63) is 40.5 Å². The summed E-state index contributed by atoms with van der Waals surface area (Å²) >= 11 is 5.89. The van der Waals surface area contributed by atoms with Crippen LogP contribution in [-0.2, 0) is 0 Å². The Labute approximate surface area is 100 Å². The van der Waals surface area contributed by atoms with E-state index in [0.717, 1.165) is 0 Å². The maximum absolute atomic E-state index is 10.8. The second kappa shape index (κ2) is 4.03. The van der Waals surface area contributed by atoms with Gasteiger partial charge in [-0.2, -0.15) is 0 Å². The summed E-state index contributed by atoms with van der Waals surface area (Å²) in [6.45, 7) is 0. The monoisotopic (exact) mass is 251 g/mol. The summed E-state index contributed by atoms with van der Waals surface area (Å²) in [5, 5.41) is 18.2. The molecule has 5 nitrogen and oxygen atoms in total. The Morgan fingerprint density at radius 3 is 2.41 bits per heavy atom. The minimum absolute atomic E-state index is 0.0734. The number of benzene rings is 1. The van der Waals surface area contributed by atoms with Crippen LogP contribution in [-0.4, -0.2) is 27.1 Å². The van der Waals surface area contributed by atoms with E-state index in [-0.39, 0.29) is 16.3 Å². The molecule has 0 amide bonds. The zero-order chi connectivity index (χ0) is 12.6. The molecule has 0 aliphatic carbocycles. The van der Waals surface area contributed by atoms with Crippen molar-refractivity contribution in [2.75, 3.05) is 0 Å². The van der Waals surface area contributed by atoms with Crippen LogP contribution in [0.3, 0.4) is 0 Å². The number of hydrogen-bond acceptors (Lipinski definition) is 3. The largest absolute Gasteiger partial charge is 0.478 e. The minimum Gasteiger partial charge on any atom is -0.478 e. The van der Waals surface area contributed by atoms with E-state index in [1.807, 2.05) is 0 Å². The maximum atomic E-state index is 10.8. The summed E-state index contributed by atoms with van der Waals surface area (Å²) in [6, 6.07) is 5.33. The topological polar surface area (TPSA) is 87.5 Å². The van der Waals surface area contributed by atoms with Gasteiger partial charge in [-0.25, -0.2) is 14.6 Å². The van der Waals surface area contributed by atoms with Gasteiger partial charge in [0.25, 0.3) is 0 Å². The van der Waals surface area contributed by atoms with Gasteiger partial charge in [0.05, 0.1) is 16.1 Å². The van der Waals surface area contributed by atoms with Gasteiger partial charge in [0.1, 0.15) is 5.69 Å². The highest BCUT2D eigenvalue weighted by atomic mass is 35.5. The standard InChI is InChI=1S/C11H6ClNO4/c12-7-4-9(11(16)17)13-8-2-1-5(10(14)15)3-6(7)8/h1-4H,(H,14,15)(H,16,17). The van der Waals surface area contributed by atoms with E-state index >= 15 is 0 Å². The number of carbonyl (C=O) groups is 2. The molecule has 86 valence electrons. The van der Waals surface area contributed by atoms with Crippen molar-refractivity contribution in [2.24, 2.45) is 0 Å². The van der Waals surface area contributed by atoms with Crippen molar-refractivity contribution in [2.45, 2.75) is 0 Å². The number of pyridine rings is 1. The van der Waals surface area contributed by atoms with Crippen molar-refractivity contribution in [1.82, 2.24) is 4.98 Å². The number of carboxylic acid groups (broad SMARTS) is 2. The van der Waals surface area contributed by atoms with Crippen LogP contribution in [0.15, 0.2) is 24.3 Å². The van der Waals surface area contributed by atoms with E-state index in [1.165, 1.54) is 24.3 Å². The Morgan fingerprint density at radius 2 is 1.82 bits per heavy atom. The van der Waals surface area contributed by atoms with Gasteiger partial charge in [0.2, 0.25) is 0 Å². The molecule has 6 heteroatoms. The van der Waals surface area contributed by atoms with Crippen LogP contribution in [0.5, 0.6) is 0 Å². The number of aromatic nitrogens is 1. The summed E-state index contributed by atoms with van der Waals surface area (Å²) in [5.41, 5.74) is 0.245. The van der Waals surface area contributed by atoms with Gasteiger partial charge in [0, 0.05) is 5.39 Å². The lowest BCUT2D eigenvalue weighted by Gasteiger charge is -2.03. The molecule has 0 saturated heterocycles. The summed E-state index contributed by atoms with van der Waals surface area (Å²) in [7, 11) is 0. The molecule has 0 unspecified atom stereocenters. The Bertz CT molecular complexity index is 639. The fourth-order valence-corrected chi connectivity index (χ4v) is 1.68. The SMILES string of the molecule is O=C(O)c1ccc2nc(C(=O)O)cc(Cl)c2c1. The Kier molecular flexibility index (Phi) is 2.69. The van der Waals surface area contributed by atoms with E-state index in [1.54, 1.807) is 0 Å². The maximum Gasteiger partial charge on any atom is 0.354 e. The average Bonchev–Trinajstić information content (AvgIpc) is 2.28. The van der Waals surface area contributed by atoms with Crippen molar-refractivity contribution >= 4 is 34.4 Å². The van der Waals surface area contributed by atoms with E-state index in [2.05, 4.69) is 4.98 Å². The van der Waals surface area contributed by atoms with Gasteiger partial charge < -0.3 is 10.2 Å². The first-order valence-corrected chi connectivity index (χ1v) is 4.94. The molecule has 0 aliphatic rings. The molecule has 0 saturated carbocycles. The average molecular weight is 252 g/mol. The van der Waals surface area contributed by atoms with Gasteiger partial charge in [-0.1, -0.05) is 11.6 Å². The van der Waals surface area contributed by atoms with E-state index in [9.17, 15) is 9.59 Å². The molecule has 0 radical (unpaired) electrons. The molecular formula is C11H6ClNO4. The molecule has 0 fully saturated rings. The zero-order valence-corrected chi connectivity index (χ0v) is 9.10. The predicted octanol–water partition coefficient (Wildman–Crippen LogP) is 2.28. The first-order chi connectivity index (χ1) is 7.99. The molecule has 1 aromatic heterocycles. The minimum atomic E-state index is -1.18. The molecule has 0 aliphatic heterocycles. The zero-order valence-electron chi connectivity index (χ0n) is 8.35. The number of nitrogens with zero attached hydrogens (tertiary/aromatic N) is 1. The first kappa shape index (κ1) is 11.3. The van der Waals surface area contributed by atoms with Crippen LogP contribution in [0, 0.1) is 0 Å². The smallest absolute Gasteiger partial charge is 0.354 e. The molecule has 17 heavy (non-hydrogen) atoms. The number of aromatic carboxylic acids is 2. The second-order valence-electron chi connectivity index (χ2n) is 3.33. The van der Waals surface area contributed by atoms with Crippen molar-refractivity contribution < 1.29 is 19.8 Å². The van der Waals surface area contributed by atoms with Crippen LogP contribution in [0.4, 0.5) is 0 Å². The Hall–Kier alpha value is -2.14. The normalized spacial score (nSPS) is 10.4. The fraction of sp³-hybridized carbons (Fsp3) is 0. The molecule has 2 aromatic rings. The highest BCUT2D eigenvalue weighted by Crippen LogP contribution is 2.24. The second-order valence-corrected chi connectivity index (χ2v) is 3.74. The number of carboxylic acids is 2. The lowest BCUT2D eigenvalue weighted by Crippen LogP contribution is -2.01. The van der Waals surface area contributed by atoms with Crippen molar-refractivity contribution in [3.63, 3.8) is 0 Å². The molecule has 0 atom stereocenters. The summed E-state index contributed by atoms with van der Waals surface area (Å²) in [6.07, 6.45) is 0. The van der Waals surface area contributed by atoms with Crippen LogP contribution in [0.1, 0.15) is 20.8 Å². The van der Waals surface area contributed by atoms with Crippen molar-refractivity contribution in [3.8, 4) is 0 Å². The highest BCUT2D eigenvalue weighted by molar-refractivity contribution is 6.35. The van der Waals surface area contributed by atoms with Crippen LogP contribution < -0.4 is 0 Å². The summed E-state index contributed by atoms with van der Waals surface area (Å²) in [5.74, 6) is -2.26. The molecular weight excluding hydrogens is 246 g/mol. The van der Waals surface area contributed by atoms with Crippen LogP contribution in [0.25, 0.3) is 10.9 Å². The summed E-state index contributed by atoms with van der Waals surface area (Å²) < 4.78 is 0. The van der Waals surface area contributed by atoms with E-state index in [4.69, 9.17) is 21.8 Å². The van der Waals surface area contributed by atoms with Gasteiger partial charge in [-0.05, 0) is 24.3 Å². The molecule has 1 heterocycles. The van der Waals surface area contributed by atoms with Gasteiger partial charge in [-0.3, -0.25) is 0 Å². The number of halogens is 1. The van der Waals surface area contributed by atoms with Crippen molar-refractivity contribution in [1.29, 1.82) is 0 Å². The third kappa shape index (κ3) is 2.05.